The number of ether oxygens (including phenoxy) is 2. The molecule has 2 aromatic rings. The monoisotopic (exact) mass is 444 g/mol. The number of rotatable bonds is 6. The number of methoxy groups -OCH3 is 1. The Morgan fingerprint density at radius 2 is 2.09 bits per heavy atom. The van der Waals surface area contributed by atoms with E-state index in [1.54, 1.807) is 37.6 Å². The zero-order valence-corrected chi connectivity index (χ0v) is 15.2. The third-order valence-electron chi connectivity index (χ3n) is 2.77. The van der Waals surface area contributed by atoms with Gasteiger partial charge in [0.15, 0.2) is 6.61 Å². The van der Waals surface area contributed by atoms with E-state index in [9.17, 15) is 4.79 Å². The van der Waals surface area contributed by atoms with E-state index in [1.807, 2.05) is 18.2 Å². The van der Waals surface area contributed by atoms with E-state index < -0.39 is 0 Å². The zero-order chi connectivity index (χ0) is 16.7. The molecule has 0 saturated heterocycles. The van der Waals surface area contributed by atoms with Crippen LogP contribution < -0.4 is 14.9 Å². The van der Waals surface area contributed by atoms with E-state index in [4.69, 9.17) is 21.1 Å². The molecule has 0 unspecified atom stereocenters. The van der Waals surface area contributed by atoms with E-state index in [-0.39, 0.29) is 12.5 Å². The molecule has 0 saturated carbocycles. The number of carbonyl (C=O) groups is 1. The van der Waals surface area contributed by atoms with Crippen molar-refractivity contribution in [2.45, 2.75) is 0 Å². The quantitative estimate of drug-likeness (QED) is 0.422. The van der Waals surface area contributed by atoms with Crippen LogP contribution in [0.25, 0.3) is 0 Å². The third kappa shape index (κ3) is 5.40. The summed E-state index contributed by atoms with van der Waals surface area (Å²) in [5, 5.41) is 4.35. The molecule has 0 radical (unpaired) electrons. The van der Waals surface area contributed by atoms with E-state index in [0.29, 0.717) is 10.8 Å². The van der Waals surface area contributed by atoms with E-state index >= 15 is 0 Å². The zero-order valence-electron chi connectivity index (χ0n) is 12.3. The van der Waals surface area contributed by atoms with Crippen molar-refractivity contribution in [2.24, 2.45) is 5.10 Å². The molecule has 7 heteroatoms. The molecule has 1 amide bonds. The molecule has 0 aliphatic rings. The van der Waals surface area contributed by atoms with Gasteiger partial charge in [-0.15, -0.1) is 0 Å². The highest BCUT2D eigenvalue weighted by atomic mass is 127. The number of nitrogens with one attached hydrogen (secondary N) is 1. The van der Waals surface area contributed by atoms with Gasteiger partial charge in [0.25, 0.3) is 5.91 Å². The number of benzene rings is 2. The Labute approximate surface area is 152 Å². The SMILES string of the molecule is COc1ccc(/C=N/NC(=O)COc2ccccc2Cl)cc1I. The highest BCUT2D eigenvalue weighted by Crippen LogP contribution is 2.23. The average molecular weight is 445 g/mol. The Bertz CT molecular complexity index is 722. The first kappa shape index (κ1) is 17.6. The molecular weight excluding hydrogens is 431 g/mol. The van der Waals surface area contributed by atoms with Gasteiger partial charge in [-0.1, -0.05) is 23.7 Å². The lowest BCUT2D eigenvalue weighted by molar-refractivity contribution is -0.123. The summed E-state index contributed by atoms with van der Waals surface area (Å²) in [6.07, 6.45) is 1.55. The van der Waals surface area contributed by atoms with E-state index in [1.165, 1.54) is 0 Å². The first-order valence-corrected chi connectivity index (χ1v) is 8.08. The summed E-state index contributed by atoms with van der Waals surface area (Å²) in [7, 11) is 1.62. The molecule has 1 N–H and O–H groups in total. The van der Waals surface area contributed by atoms with Crippen LogP contribution in [0.4, 0.5) is 0 Å². The number of halogens is 2. The largest absolute Gasteiger partial charge is 0.496 e. The summed E-state index contributed by atoms with van der Waals surface area (Å²) in [6, 6.07) is 12.5. The minimum absolute atomic E-state index is 0.165. The molecule has 5 nitrogen and oxygen atoms in total. The van der Waals surface area contributed by atoms with E-state index in [0.717, 1.165) is 14.9 Å². The minimum Gasteiger partial charge on any atom is -0.496 e. The van der Waals surface area contributed by atoms with Crippen molar-refractivity contribution in [3.8, 4) is 11.5 Å². The van der Waals surface area contributed by atoms with E-state index in [2.05, 4.69) is 33.1 Å². The Morgan fingerprint density at radius 3 is 2.78 bits per heavy atom. The van der Waals surface area contributed by atoms with Crippen LogP contribution in [-0.4, -0.2) is 25.8 Å². The lowest BCUT2D eigenvalue weighted by atomic mass is 10.2. The van der Waals surface area contributed by atoms with Gasteiger partial charge in [0.1, 0.15) is 11.5 Å². The normalized spacial score (nSPS) is 10.6. The lowest BCUT2D eigenvalue weighted by Crippen LogP contribution is -2.24. The van der Waals surface area contributed by atoms with Crippen LogP contribution in [0.3, 0.4) is 0 Å². The number of hydrogen-bond donors (Lipinski definition) is 1. The van der Waals surface area contributed by atoms with Gasteiger partial charge < -0.3 is 9.47 Å². The smallest absolute Gasteiger partial charge is 0.277 e. The molecule has 0 bridgehead atoms. The Morgan fingerprint density at radius 1 is 1.30 bits per heavy atom. The van der Waals surface area contributed by atoms with Crippen molar-refractivity contribution in [2.75, 3.05) is 13.7 Å². The van der Waals surface area contributed by atoms with Crippen LogP contribution in [0.5, 0.6) is 11.5 Å². The number of hydrazone groups is 1. The summed E-state index contributed by atoms with van der Waals surface area (Å²) in [5.74, 6) is 0.877. The maximum Gasteiger partial charge on any atom is 0.277 e. The number of amides is 1. The molecule has 0 aliphatic carbocycles. The molecule has 0 spiro atoms. The van der Waals surface area contributed by atoms with Crippen molar-refractivity contribution in [3.05, 3.63) is 56.6 Å². The van der Waals surface area contributed by atoms with Crippen molar-refractivity contribution in [1.29, 1.82) is 0 Å². The van der Waals surface area contributed by atoms with Crippen LogP contribution in [0.15, 0.2) is 47.6 Å². The molecule has 2 aromatic carbocycles. The van der Waals surface area contributed by atoms with Crippen molar-refractivity contribution in [3.63, 3.8) is 0 Å². The molecule has 120 valence electrons. The van der Waals surface area contributed by atoms with Gasteiger partial charge in [-0.3, -0.25) is 4.79 Å². The van der Waals surface area contributed by atoms with Gasteiger partial charge >= 0.3 is 0 Å². The van der Waals surface area contributed by atoms with Gasteiger partial charge in [0.05, 0.1) is 21.9 Å². The predicted octanol–water partition coefficient (Wildman–Crippen LogP) is 3.48. The Kier molecular flexibility index (Phi) is 6.66. The molecule has 2 rings (SSSR count). The van der Waals surface area contributed by atoms with Crippen LogP contribution in [-0.2, 0) is 4.79 Å². The molecule has 0 fully saturated rings. The standard InChI is InChI=1S/C16H14ClIN2O3/c1-22-15-7-6-11(8-13(15)18)9-19-20-16(21)10-23-14-5-3-2-4-12(14)17/h2-9H,10H2,1H3,(H,20,21)/b19-9+. The number of carbonyl (C=O) groups excluding carboxylic acids is 1. The second-order valence-electron chi connectivity index (χ2n) is 4.41. The predicted molar refractivity (Wildman–Crippen MR) is 98.4 cm³/mol. The van der Waals surface area contributed by atoms with Crippen LogP contribution in [0.1, 0.15) is 5.56 Å². The van der Waals surface area contributed by atoms with Crippen molar-refractivity contribution < 1.29 is 14.3 Å². The summed E-state index contributed by atoms with van der Waals surface area (Å²) < 4.78 is 11.5. The number of para-hydroxylation sites is 1. The molecule has 0 atom stereocenters. The van der Waals surface area contributed by atoms with Crippen molar-refractivity contribution in [1.82, 2.24) is 5.43 Å². The number of hydrogen-bond acceptors (Lipinski definition) is 4. The fraction of sp³-hybridized carbons (Fsp3) is 0.125. The molecule has 0 aliphatic heterocycles. The fourth-order valence-corrected chi connectivity index (χ4v) is 2.63. The highest BCUT2D eigenvalue weighted by molar-refractivity contribution is 14.1. The van der Waals surface area contributed by atoms with Crippen LogP contribution in [0.2, 0.25) is 5.02 Å². The van der Waals surface area contributed by atoms with Gasteiger partial charge in [0, 0.05) is 0 Å². The maximum atomic E-state index is 11.7. The average Bonchev–Trinajstić information content (AvgIpc) is 2.54. The number of nitrogens with zero attached hydrogens (tertiary/aromatic N) is 1. The second kappa shape index (κ2) is 8.73. The molecular formula is C16H14ClIN2O3. The van der Waals surface area contributed by atoms with Gasteiger partial charge in [-0.05, 0) is 58.5 Å². The highest BCUT2D eigenvalue weighted by Gasteiger charge is 2.04. The topological polar surface area (TPSA) is 59.9 Å². The first-order chi connectivity index (χ1) is 11.1. The van der Waals surface area contributed by atoms with Crippen LogP contribution in [0, 0.1) is 3.57 Å². The van der Waals surface area contributed by atoms with Crippen LogP contribution >= 0.6 is 34.2 Å². The summed E-state index contributed by atoms with van der Waals surface area (Å²) in [6.45, 7) is -0.165. The van der Waals surface area contributed by atoms with Gasteiger partial charge in [-0.2, -0.15) is 5.10 Å². The van der Waals surface area contributed by atoms with Gasteiger partial charge in [0.2, 0.25) is 0 Å². The lowest BCUT2D eigenvalue weighted by Gasteiger charge is -2.06. The minimum atomic E-state index is -0.371. The third-order valence-corrected chi connectivity index (χ3v) is 3.93. The Hall–Kier alpha value is -1.80. The first-order valence-electron chi connectivity index (χ1n) is 6.63. The summed E-state index contributed by atoms with van der Waals surface area (Å²) in [4.78, 5) is 11.7. The maximum absolute atomic E-state index is 11.7. The second-order valence-corrected chi connectivity index (χ2v) is 5.98. The molecule has 0 heterocycles. The summed E-state index contributed by atoms with van der Waals surface area (Å²) >= 11 is 8.10. The van der Waals surface area contributed by atoms with Crippen molar-refractivity contribution >= 4 is 46.3 Å². The fourth-order valence-electron chi connectivity index (χ4n) is 1.68. The molecule has 23 heavy (non-hydrogen) atoms. The summed E-state index contributed by atoms with van der Waals surface area (Å²) in [5.41, 5.74) is 3.25. The molecule has 0 aromatic heterocycles. The van der Waals surface area contributed by atoms with Gasteiger partial charge in [-0.25, -0.2) is 5.43 Å². The Balaban J connectivity index is 1.84.